The van der Waals surface area contributed by atoms with Gasteiger partial charge in [0.1, 0.15) is 17.2 Å². The zero-order valence-electron chi connectivity index (χ0n) is 16.0. The number of carbonyl (C=O) groups is 1. The van der Waals surface area contributed by atoms with Crippen LogP contribution in [0.2, 0.25) is 0 Å². The molecular formula is C20H19N3O5S. The minimum atomic E-state index is -0.628. The average Bonchev–Trinajstić information content (AvgIpc) is 3.32. The summed E-state index contributed by atoms with van der Waals surface area (Å²) in [4.78, 5) is 29.7. The van der Waals surface area contributed by atoms with Crippen LogP contribution in [0.1, 0.15) is 40.7 Å². The molecule has 0 saturated heterocycles. The first-order chi connectivity index (χ1) is 14.1. The number of rotatable bonds is 7. The highest BCUT2D eigenvalue weighted by atomic mass is 32.1. The lowest BCUT2D eigenvalue weighted by molar-refractivity contribution is 0.0425. The minimum absolute atomic E-state index is 0.100. The van der Waals surface area contributed by atoms with Gasteiger partial charge in [0, 0.05) is 23.6 Å². The Balaban J connectivity index is 1.58. The van der Waals surface area contributed by atoms with E-state index in [2.05, 4.69) is 10.1 Å². The third kappa shape index (κ3) is 3.79. The molecule has 0 bridgehead atoms. The predicted octanol–water partition coefficient (Wildman–Crippen LogP) is 3.35. The summed E-state index contributed by atoms with van der Waals surface area (Å²) >= 11 is 1.34. The van der Waals surface area contributed by atoms with Crippen LogP contribution in [0.15, 0.2) is 39.5 Å². The summed E-state index contributed by atoms with van der Waals surface area (Å²) < 4.78 is 17.8. The van der Waals surface area contributed by atoms with E-state index in [4.69, 9.17) is 13.9 Å². The third-order valence-electron chi connectivity index (χ3n) is 4.33. The topological polar surface area (TPSA) is 95.9 Å². The van der Waals surface area contributed by atoms with Crippen LogP contribution < -0.4 is 5.56 Å². The first kappa shape index (κ1) is 19.3. The highest BCUT2D eigenvalue weighted by Gasteiger charge is 2.22. The summed E-state index contributed by atoms with van der Waals surface area (Å²) in [7, 11) is 0. The smallest absolute Gasteiger partial charge is 0.375 e. The molecule has 0 aliphatic carbocycles. The number of benzene rings is 1. The maximum absolute atomic E-state index is 12.7. The summed E-state index contributed by atoms with van der Waals surface area (Å²) in [6.45, 7) is 4.44. The summed E-state index contributed by atoms with van der Waals surface area (Å²) in [6, 6.07) is 8.67. The molecule has 9 heteroatoms. The van der Waals surface area contributed by atoms with E-state index >= 15 is 0 Å². The predicted molar refractivity (Wildman–Crippen MR) is 107 cm³/mol. The lowest BCUT2D eigenvalue weighted by atomic mass is 10.1. The monoisotopic (exact) mass is 413 g/mol. The second-order valence-corrected chi connectivity index (χ2v) is 7.29. The Bertz CT molecular complexity index is 1240. The maximum atomic E-state index is 12.7. The summed E-state index contributed by atoms with van der Waals surface area (Å²) in [5.74, 6) is -0.528. The fraction of sp³-hybridized carbons (Fsp3) is 0.300. The Kier molecular flexibility index (Phi) is 5.41. The van der Waals surface area contributed by atoms with Gasteiger partial charge in [0.2, 0.25) is 10.7 Å². The van der Waals surface area contributed by atoms with Crippen molar-refractivity contribution in [3.05, 3.63) is 62.7 Å². The van der Waals surface area contributed by atoms with Crippen molar-refractivity contribution in [3.63, 3.8) is 0 Å². The number of aromatic nitrogens is 3. The summed E-state index contributed by atoms with van der Waals surface area (Å²) in [5, 5.41) is 5.82. The SMILES string of the molecule is CCOCc1c(C(=O)OCc2cc(=O)n3nc(CC)sc3n2)oc2ccccc12. The van der Waals surface area contributed by atoms with Gasteiger partial charge in [-0.1, -0.05) is 36.5 Å². The van der Waals surface area contributed by atoms with Crippen LogP contribution >= 0.6 is 11.3 Å². The Labute approximate surface area is 169 Å². The van der Waals surface area contributed by atoms with Crippen molar-refractivity contribution in [2.45, 2.75) is 33.5 Å². The normalized spacial score (nSPS) is 11.4. The van der Waals surface area contributed by atoms with Gasteiger partial charge in [-0.15, -0.1) is 0 Å². The molecule has 0 saturated carbocycles. The van der Waals surface area contributed by atoms with Crippen molar-refractivity contribution >= 4 is 33.2 Å². The first-order valence-electron chi connectivity index (χ1n) is 9.24. The van der Waals surface area contributed by atoms with E-state index in [9.17, 15) is 9.59 Å². The van der Waals surface area contributed by atoms with Crippen LogP contribution in [0.25, 0.3) is 15.9 Å². The molecule has 0 atom stereocenters. The summed E-state index contributed by atoms with van der Waals surface area (Å²) in [5.41, 5.74) is 1.28. The Morgan fingerprint density at radius 1 is 1.24 bits per heavy atom. The van der Waals surface area contributed by atoms with Crippen LogP contribution in [0.3, 0.4) is 0 Å². The molecule has 8 nitrogen and oxygen atoms in total. The first-order valence-corrected chi connectivity index (χ1v) is 10.1. The van der Waals surface area contributed by atoms with E-state index in [1.807, 2.05) is 32.0 Å². The van der Waals surface area contributed by atoms with Crippen LogP contribution in [-0.4, -0.2) is 27.2 Å². The van der Waals surface area contributed by atoms with E-state index in [1.165, 1.54) is 21.9 Å². The number of furan rings is 1. The van der Waals surface area contributed by atoms with Gasteiger partial charge in [-0.25, -0.2) is 9.78 Å². The van der Waals surface area contributed by atoms with Gasteiger partial charge in [-0.05, 0) is 19.4 Å². The number of fused-ring (bicyclic) bond motifs is 2. The van der Waals surface area contributed by atoms with E-state index in [0.717, 1.165) is 10.4 Å². The molecule has 0 aliphatic rings. The Hall–Kier alpha value is -3.04. The highest BCUT2D eigenvalue weighted by Crippen LogP contribution is 2.27. The van der Waals surface area contributed by atoms with Gasteiger partial charge >= 0.3 is 5.97 Å². The van der Waals surface area contributed by atoms with Gasteiger partial charge in [0.05, 0.1) is 12.3 Å². The number of hydrogen-bond acceptors (Lipinski definition) is 8. The van der Waals surface area contributed by atoms with Crippen molar-refractivity contribution < 1.29 is 18.7 Å². The van der Waals surface area contributed by atoms with E-state index in [-0.39, 0.29) is 24.5 Å². The molecule has 0 fully saturated rings. The Morgan fingerprint density at radius 2 is 2.07 bits per heavy atom. The molecule has 0 amide bonds. The molecule has 4 aromatic rings. The average molecular weight is 413 g/mol. The maximum Gasteiger partial charge on any atom is 0.375 e. The summed E-state index contributed by atoms with van der Waals surface area (Å²) in [6.07, 6.45) is 0.715. The number of esters is 1. The van der Waals surface area contributed by atoms with Gasteiger partial charge in [0.25, 0.3) is 5.56 Å². The third-order valence-corrected chi connectivity index (χ3v) is 5.38. The van der Waals surface area contributed by atoms with Crippen molar-refractivity contribution in [2.24, 2.45) is 0 Å². The van der Waals surface area contributed by atoms with Crippen molar-refractivity contribution in [1.29, 1.82) is 0 Å². The molecule has 29 heavy (non-hydrogen) atoms. The molecule has 1 aromatic carbocycles. The van der Waals surface area contributed by atoms with Crippen molar-refractivity contribution in [3.8, 4) is 0 Å². The van der Waals surface area contributed by atoms with Crippen molar-refractivity contribution in [1.82, 2.24) is 14.6 Å². The molecular weight excluding hydrogens is 394 g/mol. The molecule has 4 rings (SSSR count). The van der Waals surface area contributed by atoms with Crippen LogP contribution in [-0.2, 0) is 29.1 Å². The zero-order valence-corrected chi connectivity index (χ0v) is 16.8. The molecule has 0 unspecified atom stereocenters. The molecule has 0 radical (unpaired) electrons. The number of hydrogen-bond donors (Lipinski definition) is 0. The lowest BCUT2D eigenvalue weighted by Gasteiger charge is -2.05. The number of ether oxygens (including phenoxy) is 2. The van der Waals surface area contributed by atoms with Gasteiger partial charge in [0.15, 0.2) is 0 Å². The van der Waals surface area contributed by atoms with E-state index in [0.29, 0.717) is 34.8 Å². The van der Waals surface area contributed by atoms with Crippen LogP contribution in [0.5, 0.6) is 0 Å². The standard InChI is InChI=1S/C20H19N3O5S/c1-3-16-22-23-17(24)9-12(21-20(23)29-16)10-27-19(25)18-14(11-26-4-2)13-7-5-6-8-15(13)28-18/h5-9H,3-4,10-11H2,1-2H3. The number of nitrogens with zero attached hydrogens (tertiary/aromatic N) is 3. The van der Waals surface area contributed by atoms with Crippen molar-refractivity contribution in [2.75, 3.05) is 6.61 Å². The van der Waals surface area contributed by atoms with E-state index < -0.39 is 5.97 Å². The van der Waals surface area contributed by atoms with Gasteiger partial charge in [-0.2, -0.15) is 9.61 Å². The number of para-hydroxylation sites is 1. The van der Waals surface area contributed by atoms with Gasteiger partial charge in [-0.3, -0.25) is 4.79 Å². The second-order valence-electron chi connectivity index (χ2n) is 6.25. The fourth-order valence-corrected chi connectivity index (χ4v) is 3.79. The molecule has 0 aliphatic heterocycles. The molecule has 3 heterocycles. The Morgan fingerprint density at radius 3 is 2.86 bits per heavy atom. The molecule has 0 N–H and O–H groups in total. The fourth-order valence-electron chi connectivity index (χ4n) is 2.93. The quantitative estimate of drug-likeness (QED) is 0.429. The zero-order chi connectivity index (χ0) is 20.4. The highest BCUT2D eigenvalue weighted by molar-refractivity contribution is 7.16. The van der Waals surface area contributed by atoms with Gasteiger partial charge < -0.3 is 13.9 Å². The lowest BCUT2D eigenvalue weighted by Crippen LogP contribution is -2.17. The number of aryl methyl sites for hydroxylation is 1. The van der Waals surface area contributed by atoms with E-state index in [1.54, 1.807) is 6.07 Å². The molecule has 0 spiro atoms. The molecule has 150 valence electrons. The number of carbonyl (C=O) groups excluding carboxylic acids is 1. The van der Waals surface area contributed by atoms with Crippen LogP contribution in [0, 0.1) is 0 Å². The van der Waals surface area contributed by atoms with Crippen LogP contribution in [0.4, 0.5) is 0 Å². The largest absolute Gasteiger partial charge is 0.453 e. The minimum Gasteiger partial charge on any atom is -0.453 e. The molecule has 3 aromatic heterocycles. The second kappa shape index (κ2) is 8.14.